The summed E-state index contributed by atoms with van der Waals surface area (Å²) in [5, 5.41) is 21.5. The Kier molecular flexibility index (Phi) is 7.86. The number of morpholine rings is 1. The van der Waals surface area contributed by atoms with Crippen LogP contribution in [0, 0.1) is 11.3 Å². The van der Waals surface area contributed by atoms with E-state index >= 15 is 0 Å². The highest BCUT2D eigenvalue weighted by atomic mass is 19.4. The molecule has 0 atom stereocenters. The molecule has 0 saturated carbocycles. The molecule has 2 aromatic carbocycles. The normalized spacial score (nSPS) is 13.9. The number of pyridine rings is 1. The number of carbonyl (C=O) groups is 1. The highest BCUT2D eigenvalue weighted by Gasteiger charge is 2.31. The number of halogens is 3. The fourth-order valence-corrected chi connectivity index (χ4v) is 4.12. The number of nitrogens with zero attached hydrogens (tertiary/aromatic N) is 2. The van der Waals surface area contributed by atoms with Gasteiger partial charge in [-0.3, -0.25) is 0 Å². The van der Waals surface area contributed by atoms with Crippen molar-refractivity contribution in [2.45, 2.75) is 20.2 Å². The number of hydrogen-bond donors (Lipinski definition) is 3. The van der Waals surface area contributed by atoms with Crippen LogP contribution in [0.1, 0.15) is 29.9 Å². The lowest BCUT2D eigenvalue weighted by Crippen LogP contribution is -2.36. The number of alkyl halides is 3. The minimum atomic E-state index is -4.87. The van der Waals surface area contributed by atoms with Crippen LogP contribution in [-0.4, -0.2) is 54.4 Å². The summed E-state index contributed by atoms with van der Waals surface area (Å²) in [7, 11) is 0. The van der Waals surface area contributed by atoms with Crippen molar-refractivity contribution in [1.29, 1.82) is 5.41 Å². The van der Waals surface area contributed by atoms with E-state index in [0.717, 1.165) is 30.9 Å². The predicted octanol–water partition coefficient (Wildman–Crippen LogP) is 5.95. The number of ether oxygens (including phenoxy) is 2. The summed E-state index contributed by atoms with van der Waals surface area (Å²) >= 11 is 0. The minimum Gasteiger partial charge on any atom is -0.477 e. The van der Waals surface area contributed by atoms with Crippen molar-refractivity contribution >= 4 is 28.9 Å². The third kappa shape index (κ3) is 6.41. The molecule has 3 aromatic rings. The van der Waals surface area contributed by atoms with E-state index in [-0.39, 0.29) is 28.8 Å². The lowest BCUT2D eigenvalue weighted by molar-refractivity contribution is -0.274. The fourth-order valence-electron chi connectivity index (χ4n) is 4.12. The molecule has 0 amide bonds. The molecule has 200 valence electrons. The van der Waals surface area contributed by atoms with Crippen LogP contribution >= 0.6 is 0 Å². The third-order valence-electron chi connectivity index (χ3n) is 5.97. The van der Waals surface area contributed by atoms with E-state index in [9.17, 15) is 23.1 Å². The molecule has 0 unspecified atom stereocenters. The fraction of sp³-hybridized carbons (Fsp3) is 0.296. The number of carboxylic acids is 1. The van der Waals surface area contributed by atoms with Crippen molar-refractivity contribution in [1.82, 2.24) is 4.98 Å². The van der Waals surface area contributed by atoms with Gasteiger partial charge < -0.3 is 30.2 Å². The summed E-state index contributed by atoms with van der Waals surface area (Å²) in [5.41, 5.74) is 2.58. The first-order chi connectivity index (χ1) is 18.0. The highest BCUT2D eigenvalue weighted by Crippen LogP contribution is 2.35. The molecular weight excluding hydrogens is 501 g/mol. The van der Waals surface area contributed by atoms with Gasteiger partial charge in [0.1, 0.15) is 11.6 Å². The Morgan fingerprint density at radius 3 is 2.42 bits per heavy atom. The number of anilines is 3. The van der Waals surface area contributed by atoms with Crippen LogP contribution in [-0.2, 0) is 4.74 Å². The smallest absolute Gasteiger partial charge is 0.477 e. The van der Waals surface area contributed by atoms with Gasteiger partial charge in [-0.25, -0.2) is 9.78 Å². The van der Waals surface area contributed by atoms with Gasteiger partial charge in [0, 0.05) is 41.8 Å². The van der Waals surface area contributed by atoms with Crippen molar-refractivity contribution in [3.05, 3.63) is 65.9 Å². The van der Waals surface area contributed by atoms with Crippen LogP contribution in [0.25, 0.3) is 11.1 Å². The van der Waals surface area contributed by atoms with E-state index in [1.807, 2.05) is 38.1 Å². The Hall–Kier alpha value is -4.12. The molecule has 11 heteroatoms. The van der Waals surface area contributed by atoms with Crippen LogP contribution < -0.4 is 15.0 Å². The van der Waals surface area contributed by atoms with Gasteiger partial charge in [0.25, 0.3) is 0 Å². The summed E-state index contributed by atoms with van der Waals surface area (Å²) in [4.78, 5) is 18.4. The van der Waals surface area contributed by atoms with E-state index < -0.39 is 18.1 Å². The van der Waals surface area contributed by atoms with Gasteiger partial charge in [-0.05, 0) is 47.4 Å². The van der Waals surface area contributed by atoms with Crippen molar-refractivity contribution in [3.8, 4) is 16.9 Å². The Bertz CT molecular complexity index is 1320. The quantitative estimate of drug-likeness (QED) is 0.310. The average Bonchev–Trinajstić information content (AvgIpc) is 2.87. The molecule has 8 nitrogen and oxygen atoms in total. The molecule has 0 aliphatic carbocycles. The lowest BCUT2D eigenvalue weighted by atomic mass is 9.91. The maximum absolute atomic E-state index is 12.7. The zero-order valence-electron chi connectivity index (χ0n) is 20.8. The largest absolute Gasteiger partial charge is 0.573 e. The number of aromatic carboxylic acids is 1. The molecule has 4 rings (SSSR count). The summed E-state index contributed by atoms with van der Waals surface area (Å²) < 4.78 is 47.6. The first kappa shape index (κ1) is 26.9. The van der Waals surface area contributed by atoms with Gasteiger partial charge in [0.15, 0.2) is 5.69 Å². The van der Waals surface area contributed by atoms with Crippen LogP contribution in [0.5, 0.6) is 5.75 Å². The summed E-state index contributed by atoms with van der Waals surface area (Å²) in [5.74, 6) is -1.94. The minimum absolute atomic E-state index is 0.0417. The topological polar surface area (TPSA) is 108 Å². The van der Waals surface area contributed by atoms with Gasteiger partial charge in [0.2, 0.25) is 0 Å². The van der Waals surface area contributed by atoms with Gasteiger partial charge in [-0.1, -0.05) is 32.0 Å². The molecule has 0 bridgehead atoms. The first-order valence-corrected chi connectivity index (χ1v) is 11.9. The summed E-state index contributed by atoms with van der Waals surface area (Å²) in [6, 6.07) is 14.1. The Balaban J connectivity index is 1.80. The van der Waals surface area contributed by atoms with E-state index in [0.29, 0.717) is 29.9 Å². The van der Waals surface area contributed by atoms with E-state index in [1.165, 1.54) is 18.2 Å². The predicted molar refractivity (Wildman–Crippen MR) is 138 cm³/mol. The maximum Gasteiger partial charge on any atom is 0.573 e. The molecule has 38 heavy (non-hydrogen) atoms. The Morgan fingerprint density at radius 1 is 1.13 bits per heavy atom. The van der Waals surface area contributed by atoms with Crippen LogP contribution in [0.2, 0.25) is 0 Å². The van der Waals surface area contributed by atoms with Crippen molar-refractivity contribution in [2.24, 2.45) is 5.92 Å². The zero-order valence-corrected chi connectivity index (χ0v) is 20.8. The van der Waals surface area contributed by atoms with Gasteiger partial charge in [-0.15, -0.1) is 13.2 Å². The second kappa shape index (κ2) is 11.1. The van der Waals surface area contributed by atoms with Crippen molar-refractivity contribution in [2.75, 3.05) is 36.5 Å². The lowest BCUT2D eigenvalue weighted by Gasteiger charge is -2.29. The number of aromatic nitrogens is 1. The second-order valence-electron chi connectivity index (χ2n) is 9.00. The number of carboxylic acid groups (broad SMARTS) is 1. The number of benzene rings is 2. The van der Waals surface area contributed by atoms with Gasteiger partial charge in [-0.2, -0.15) is 0 Å². The second-order valence-corrected chi connectivity index (χ2v) is 9.00. The molecule has 0 spiro atoms. The monoisotopic (exact) mass is 528 g/mol. The molecule has 0 radical (unpaired) electrons. The van der Waals surface area contributed by atoms with Crippen LogP contribution in [0.3, 0.4) is 0 Å². The molecular formula is C27H27F3N4O4. The number of rotatable bonds is 8. The van der Waals surface area contributed by atoms with E-state index in [2.05, 4.69) is 19.9 Å². The standard InChI is InChI=1S/C27H27F3N4O4/c1-16(2)24(31)23-21(17-6-8-19(9-7-17)34-10-12-37-13-11-34)15-22(26(35)36)33-25(23)32-18-4-3-5-20(14-18)38-27(28,29)30/h3-9,14-16,31H,10-13H2,1-2H3,(H,32,33)(H,35,36). The van der Waals surface area contributed by atoms with Crippen molar-refractivity contribution < 1.29 is 32.5 Å². The molecule has 1 saturated heterocycles. The molecule has 2 heterocycles. The summed E-state index contributed by atoms with van der Waals surface area (Å²) in [6.07, 6.45) is -4.87. The Morgan fingerprint density at radius 2 is 1.82 bits per heavy atom. The van der Waals surface area contributed by atoms with Crippen LogP contribution in [0.4, 0.5) is 30.4 Å². The van der Waals surface area contributed by atoms with E-state index in [1.54, 1.807) is 0 Å². The van der Waals surface area contributed by atoms with Crippen LogP contribution in [0.15, 0.2) is 54.6 Å². The number of nitrogens with one attached hydrogen (secondary N) is 2. The van der Waals surface area contributed by atoms with Gasteiger partial charge >= 0.3 is 12.3 Å². The third-order valence-corrected chi connectivity index (χ3v) is 5.97. The number of hydrogen-bond acceptors (Lipinski definition) is 7. The highest BCUT2D eigenvalue weighted by molar-refractivity contribution is 6.10. The molecule has 1 aliphatic heterocycles. The van der Waals surface area contributed by atoms with Gasteiger partial charge in [0.05, 0.1) is 13.2 Å². The van der Waals surface area contributed by atoms with Crippen molar-refractivity contribution in [3.63, 3.8) is 0 Å². The molecule has 1 aliphatic rings. The Labute approximate surface area is 217 Å². The molecule has 3 N–H and O–H groups in total. The summed E-state index contributed by atoms with van der Waals surface area (Å²) in [6.45, 7) is 6.42. The maximum atomic E-state index is 12.7. The molecule has 1 aromatic heterocycles. The van der Waals surface area contributed by atoms with E-state index in [4.69, 9.17) is 10.1 Å². The SMILES string of the molecule is CC(C)C(=N)c1c(-c2ccc(N3CCOCC3)cc2)cc(C(=O)O)nc1Nc1cccc(OC(F)(F)F)c1. The first-order valence-electron chi connectivity index (χ1n) is 11.9. The average molecular weight is 529 g/mol. The molecule has 1 fully saturated rings. The zero-order chi connectivity index (χ0) is 27.4.